The van der Waals surface area contributed by atoms with E-state index in [2.05, 4.69) is 13.2 Å². The van der Waals surface area contributed by atoms with E-state index >= 15 is 0 Å². The highest BCUT2D eigenvalue weighted by Crippen LogP contribution is 2.25. The van der Waals surface area contributed by atoms with Crippen molar-refractivity contribution in [3.05, 3.63) is 65.5 Å². The van der Waals surface area contributed by atoms with Crippen LogP contribution < -0.4 is 4.74 Å². The zero-order chi connectivity index (χ0) is 16.5. The smallest absolute Gasteiger partial charge is 0.175 e. The Morgan fingerprint density at radius 3 is 2.73 bits per heavy atom. The molecule has 0 radical (unpaired) electrons. The van der Waals surface area contributed by atoms with Gasteiger partial charge in [0.05, 0.1) is 5.56 Å². The Hall–Kier alpha value is -2.23. The van der Waals surface area contributed by atoms with E-state index in [-0.39, 0.29) is 17.9 Å². The maximum absolute atomic E-state index is 14.0. The summed E-state index contributed by atoms with van der Waals surface area (Å²) in [6.07, 6.45) is 5.72. The van der Waals surface area contributed by atoms with E-state index < -0.39 is 12.5 Å². The molecular weight excluding hydrogens is 286 g/mol. The second-order valence-corrected chi connectivity index (χ2v) is 4.72. The first-order valence-electron chi connectivity index (χ1n) is 6.98. The molecule has 1 aliphatic carbocycles. The third-order valence-corrected chi connectivity index (χ3v) is 3.41. The molecule has 0 bridgehead atoms. The first kappa shape index (κ1) is 17.8. The number of alkyl halides is 1. The van der Waals surface area contributed by atoms with Gasteiger partial charge >= 0.3 is 0 Å². The fourth-order valence-electron chi connectivity index (χ4n) is 2.15. The van der Waals surface area contributed by atoms with Gasteiger partial charge in [-0.05, 0) is 42.5 Å². The highest BCUT2D eigenvalue weighted by Gasteiger charge is 2.14. The minimum atomic E-state index is -0.665. The van der Waals surface area contributed by atoms with Crippen molar-refractivity contribution >= 4 is 6.29 Å². The Morgan fingerprint density at radius 2 is 2.09 bits per heavy atom. The first-order valence-corrected chi connectivity index (χ1v) is 6.98. The Labute approximate surface area is 129 Å². The topological polar surface area (TPSA) is 26.3 Å². The first-order chi connectivity index (χ1) is 10.7. The molecule has 1 aromatic carbocycles. The third-order valence-electron chi connectivity index (χ3n) is 3.41. The van der Waals surface area contributed by atoms with Crippen LogP contribution >= 0.6 is 0 Å². The van der Waals surface area contributed by atoms with Gasteiger partial charge in [0.15, 0.2) is 17.9 Å². The van der Waals surface area contributed by atoms with Gasteiger partial charge in [-0.15, -0.1) is 13.2 Å². The van der Waals surface area contributed by atoms with Gasteiger partial charge in [-0.2, -0.15) is 0 Å². The third kappa shape index (κ3) is 4.13. The van der Waals surface area contributed by atoms with Gasteiger partial charge < -0.3 is 4.74 Å². The summed E-state index contributed by atoms with van der Waals surface area (Å²) in [6.45, 7) is 7.25. The molecule has 2 rings (SSSR count). The normalized spacial score (nSPS) is 13.4. The summed E-state index contributed by atoms with van der Waals surface area (Å²) in [6, 6.07) is 3.11. The van der Waals surface area contributed by atoms with Crippen LogP contribution in [0.15, 0.2) is 48.6 Å². The number of ether oxygens (including phenoxy) is 1. The van der Waals surface area contributed by atoms with Crippen LogP contribution in [0.25, 0.3) is 0 Å². The summed E-state index contributed by atoms with van der Waals surface area (Å²) in [7, 11) is 0. The molecule has 0 unspecified atom stereocenters. The van der Waals surface area contributed by atoms with E-state index in [9.17, 15) is 13.6 Å². The molecule has 0 saturated heterocycles. The SMILES string of the molecule is C=C.Cc1ccc(OCC2=C(CF)CCC=C2)c(F)c1C=O. The summed E-state index contributed by atoms with van der Waals surface area (Å²) in [5.41, 5.74) is 1.99. The van der Waals surface area contributed by atoms with Crippen LogP contribution in [0.2, 0.25) is 0 Å². The monoisotopic (exact) mass is 306 g/mol. The molecule has 4 heteroatoms. The number of rotatable bonds is 5. The second kappa shape index (κ2) is 8.93. The molecule has 118 valence electrons. The standard InChI is InChI=1S/C16H16F2O2.C2H4/c1-11-6-7-15(16(18)14(11)9-19)20-10-13-5-3-2-4-12(13)8-17;1-2/h3,5-7,9H,2,4,8,10H2,1H3;1-2H2. The van der Waals surface area contributed by atoms with Gasteiger partial charge in [-0.1, -0.05) is 18.2 Å². The van der Waals surface area contributed by atoms with Crippen molar-refractivity contribution in [1.29, 1.82) is 0 Å². The van der Waals surface area contributed by atoms with Crippen molar-refractivity contribution in [2.45, 2.75) is 19.8 Å². The van der Waals surface area contributed by atoms with Crippen molar-refractivity contribution in [3.63, 3.8) is 0 Å². The molecule has 0 heterocycles. The maximum atomic E-state index is 14.0. The van der Waals surface area contributed by atoms with Gasteiger partial charge in [0.1, 0.15) is 13.3 Å². The Morgan fingerprint density at radius 1 is 1.36 bits per heavy atom. The fraction of sp³-hybridized carbons (Fsp3) is 0.278. The average Bonchev–Trinajstić information content (AvgIpc) is 2.57. The lowest BCUT2D eigenvalue weighted by Crippen LogP contribution is -2.08. The van der Waals surface area contributed by atoms with Crippen LogP contribution in [0.4, 0.5) is 8.78 Å². The molecule has 2 nitrogen and oxygen atoms in total. The minimum absolute atomic E-state index is 0.00128. The molecule has 0 aliphatic heterocycles. The Balaban J connectivity index is 0.00000116. The van der Waals surface area contributed by atoms with Gasteiger partial charge in [-0.25, -0.2) is 8.78 Å². The van der Waals surface area contributed by atoms with Crippen molar-refractivity contribution in [2.24, 2.45) is 0 Å². The summed E-state index contributed by atoms with van der Waals surface area (Å²) < 4.78 is 32.2. The van der Waals surface area contributed by atoms with Crippen LogP contribution in [0.3, 0.4) is 0 Å². The lowest BCUT2D eigenvalue weighted by Gasteiger charge is -2.15. The molecule has 0 amide bonds. The predicted molar refractivity (Wildman–Crippen MR) is 84.6 cm³/mol. The average molecular weight is 306 g/mol. The van der Waals surface area contributed by atoms with E-state index in [1.54, 1.807) is 13.0 Å². The fourth-order valence-corrected chi connectivity index (χ4v) is 2.15. The maximum Gasteiger partial charge on any atom is 0.175 e. The number of carbonyl (C=O) groups excluding carboxylic acids is 1. The summed E-state index contributed by atoms with van der Waals surface area (Å²) >= 11 is 0. The largest absolute Gasteiger partial charge is 0.486 e. The molecule has 1 aromatic rings. The highest BCUT2D eigenvalue weighted by atomic mass is 19.1. The van der Waals surface area contributed by atoms with Gasteiger partial charge in [0, 0.05) is 0 Å². The molecule has 0 N–H and O–H groups in total. The van der Waals surface area contributed by atoms with E-state index in [0.29, 0.717) is 23.8 Å². The molecule has 22 heavy (non-hydrogen) atoms. The molecular formula is C18H20F2O2. The molecule has 0 fully saturated rings. The van der Waals surface area contributed by atoms with Crippen molar-refractivity contribution in [3.8, 4) is 5.75 Å². The lowest BCUT2D eigenvalue weighted by atomic mass is 9.99. The molecule has 1 aliphatic rings. The van der Waals surface area contributed by atoms with E-state index in [1.807, 2.05) is 12.2 Å². The summed E-state index contributed by atoms with van der Waals surface area (Å²) in [4.78, 5) is 10.8. The predicted octanol–water partition coefficient (Wildman–Crippen LogP) is 4.74. The zero-order valence-electron chi connectivity index (χ0n) is 12.7. The zero-order valence-corrected chi connectivity index (χ0v) is 12.7. The van der Waals surface area contributed by atoms with Crippen LogP contribution in [-0.2, 0) is 0 Å². The van der Waals surface area contributed by atoms with Crippen molar-refractivity contribution in [1.82, 2.24) is 0 Å². The Bertz CT molecular complexity index is 589. The van der Waals surface area contributed by atoms with Gasteiger partial charge in [0.2, 0.25) is 0 Å². The summed E-state index contributed by atoms with van der Waals surface area (Å²) in [5.74, 6) is -0.649. The van der Waals surface area contributed by atoms with Crippen LogP contribution in [0.5, 0.6) is 5.75 Å². The molecule has 0 saturated carbocycles. The van der Waals surface area contributed by atoms with E-state index in [1.165, 1.54) is 6.07 Å². The van der Waals surface area contributed by atoms with Gasteiger partial charge in [0.25, 0.3) is 0 Å². The highest BCUT2D eigenvalue weighted by molar-refractivity contribution is 5.78. The number of halogens is 2. The number of carbonyl (C=O) groups is 1. The lowest BCUT2D eigenvalue weighted by molar-refractivity contribution is 0.111. The molecule has 0 atom stereocenters. The number of benzene rings is 1. The molecule has 0 spiro atoms. The number of hydrogen-bond donors (Lipinski definition) is 0. The number of hydrogen-bond acceptors (Lipinski definition) is 2. The Kier molecular flexibility index (Phi) is 7.23. The number of aldehydes is 1. The van der Waals surface area contributed by atoms with Crippen LogP contribution in [-0.4, -0.2) is 19.6 Å². The number of aryl methyl sites for hydroxylation is 1. The van der Waals surface area contributed by atoms with E-state index in [4.69, 9.17) is 4.74 Å². The van der Waals surface area contributed by atoms with Crippen LogP contribution in [0, 0.1) is 12.7 Å². The van der Waals surface area contributed by atoms with Crippen molar-refractivity contribution in [2.75, 3.05) is 13.3 Å². The molecule has 0 aromatic heterocycles. The van der Waals surface area contributed by atoms with Crippen LogP contribution in [0.1, 0.15) is 28.8 Å². The van der Waals surface area contributed by atoms with E-state index in [0.717, 1.165) is 12.0 Å². The van der Waals surface area contributed by atoms with Crippen molar-refractivity contribution < 1.29 is 18.3 Å². The quantitative estimate of drug-likeness (QED) is 0.580. The number of allylic oxidation sites excluding steroid dienone is 2. The minimum Gasteiger partial charge on any atom is -0.486 e. The van der Waals surface area contributed by atoms with Gasteiger partial charge in [-0.3, -0.25) is 4.79 Å². The second-order valence-electron chi connectivity index (χ2n) is 4.72. The summed E-state index contributed by atoms with van der Waals surface area (Å²) in [5, 5.41) is 0.